The molecule has 18 heavy (non-hydrogen) atoms. The van der Waals surface area contributed by atoms with Crippen LogP contribution in [0, 0.1) is 5.92 Å². The van der Waals surface area contributed by atoms with Crippen molar-refractivity contribution in [1.29, 1.82) is 0 Å². The Morgan fingerprint density at radius 2 is 1.94 bits per heavy atom. The van der Waals surface area contributed by atoms with Crippen molar-refractivity contribution in [2.24, 2.45) is 11.7 Å². The van der Waals surface area contributed by atoms with Gasteiger partial charge in [-0.3, -0.25) is 4.79 Å². The average Bonchev–Trinajstić information content (AvgIpc) is 2.46. The van der Waals surface area contributed by atoms with Crippen molar-refractivity contribution < 1.29 is 4.79 Å². The molecule has 3 heteroatoms. The van der Waals surface area contributed by atoms with E-state index in [1.165, 1.54) is 0 Å². The van der Waals surface area contributed by atoms with Gasteiger partial charge in [-0.15, -0.1) is 0 Å². The van der Waals surface area contributed by atoms with Gasteiger partial charge in [-0.2, -0.15) is 0 Å². The van der Waals surface area contributed by atoms with Gasteiger partial charge in [0.1, 0.15) is 0 Å². The van der Waals surface area contributed by atoms with Crippen molar-refractivity contribution in [3.63, 3.8) is 0 Å². The largest absolute Gasteiger partial charge is 0.352 e. The highest BCUT2D eigenvalue weighted by molar-refractivity contribution is 5.78. The molecule has 0 aliphatic heterocycles. The van der Waals surface area contributed by atoms with Crippen LogP contribution in [0.2, 0.25) is 0 Å². The van der Waals surface area contributed by atoms with Gasteiger partial charge in [-0.05, 0) is 30.4 Å². The highest BCUT2D eigenvalue weighted by atomic mass is 16.1. The summed E-state index contributed by atoms with van der Waals surface area (Å²) in [6, 6.07) is 8.04. The minimum atomic E-state index is 0.151. The average molecular weight is 244 g/mol. The summed E-state index contributed by atoms with van der Waals surface area (Å²) >= 11 is 0. The van der Waals surface area contributed by atoms with Crippen LogP contribution in [0.25, 0.3) is 0 Å². The molecule has 0 bridgehead atoms. The van der Waals surface area contributed by atoms with E-state index in [-0.39, 0.29) is 11.8 Å². The molecular formula is C15H20N2O. The molecule has 1 aromatic rings. The van der Waals surface area contributed by atoms with Crippen LogP contribution in [-0.4, -0.2) is 5.91 Å². The summed E-state index contributed by atoms with van der Waals surface area (Å²) in [6.07, 6.45) is 7.11. The van der Waals surface area contributed by atoms with E-state index < -0.39 is 0 Å². The highest BCUT2D eigenvalue weighted by Crippen LogP contribution is 2.18. The molecule has 0 spiro atoms. The smallest absolute Gasteiger partial charge is 0.223 e. The predicted octanol–water partition coefficient (Wildman–Crippen LogP) is 2.12. The van der Waals surface area contributed by atoms with Crippen LogP contribution in [-0.2, 0) is 17.9 Å². The normalized spacial score (nSPS) is 18.6. The van der Waals surface area contributed by atoms with Gasteiger partial charge in [0.05, 0.1) is 0 Å². The maximum Gasteiger partial charge on any atom is 0.223 e. The second kappa shape index (κ2) is 6.36. The number of amides is 1. The van der Waals surface area contributed by atoms with Gasteiger partial charge in [-0.1, -0.05) is 36.4 Å². The molecule has 1 aliphatic rings. The predicted molar refractivity (Wildman–Crippen MR) is 72.7 cm³/mol. The van der Waals surface area contributed by atoms with Gasteiger partial charge >= 0.3 is 0 Å². The molecule has 1 atom stereocenters. The van der Waals surface area contributed by atoms with Crippen LogP contribution in [0.5, 0.6) is 0 Å². The van der Waals surface area contributed by atoms with E-state index in [9.17, 15) is 4.79 Å². The lowest BCUT2D eigenvalue weighted by atomic mass is 9.93. The van der Waals surface area contributed by atoms with Crippen molar-refractivity contribution >= 4 is 5.91 Å². The van der Waals surface area contributed by atoms with Crippen molar-refractivity contribution in [3.8, 4) is 0 Å². The molecular weight excluding hydrogens is 224 g/mol. The lowest BCUT2D eigenvalue weighted by Gasteiger charge is -2.17. The third-order valence-corrected chi connectivity index (χ3v) is 3.37. The Bertz CT molecular complexity index is 423. The first-order chi connectivity index (χ1) is 8.79. The quantitative estimate of drug-likeness (QED) is 0.797. The molecule has 3 nitrogen and oxygen atoms in total. The fraction of sp³-hybridized carbons (Fsp3) is 0.400. The Balaban J connectivity index is 1.82. The zero-order valence-corrected chi connectivity index (χ0v) is 10.6. The second-order valence-corrected chi connectivity index (χ2v) is 4.72. The Morgan fingerprint density at radius 3 is 2.56 bits per heavy atom. The maximum atomic E-state index is 11.9. The number of carbonyl (C=O) groups excluding carboxylic acids is 1. The molecule has 0 fully saturated rings. The lowest BCUT2D eigenvalue weighted by Crippen LogP contribution is -2.30. The summed E-state index contributed by atoms with van der Waals surface area (Å²) in [6.45, 7) is 1.16. The van der Waals surface area contributed by atoms with E-state index >= 15 is 0 Å². The topological polar surface area (TPSA) is 55.1 Å². The third-order valence-electron chi connectivity index (χ3n) is 3.37. The molecule has 0 aromatic heterocycles. The van der Waals surface area contributed by atoms with Crippen LogP contribution in [0.3, 0.4) is 0 Å². The summed E-state index contributed by atoms with van der Waals surface area (Å²) in [7, 11) is 0. The molecule has 1 unspecified atom stereocenters. The van der Waals surface area contributed by atoms with Gasteiger partial charge in [0.2, 0.25) is 5.91 Å². The van der Waals surface area contributed by atoms with E-state index in [0.29, 0.717) is 13.1 Å². The van der Waals surface area contributed by atoms with E-state index in [0.717, 1.165) is 30.4 Å². The fourth-order valence-electron chi connectivity index (χ4n) is 2.16. The maximum absolute atomic E-state index is 11.9. The molecule has 1 aromatic carbocycles. The van der Waals surface area contributed by atoms with Crippen molar-refractivity contribution in [1.82, 2.24) is 5.32 Å². The van der Waals surface area contributed by atoms with Crippen LogP contribution in [0.15, 0.2) is 36.4 Å². The van der Waals surface area contributed by atoms with Gasteiger partial charge in [0.15, 0.2) is 0 Å². The minimum Gasteiger partial charge on any atom is -0.352 e. The summed E-state index contributed by atoms with van der Waals surface area (Å²) in [5.74, 6) is 0.320. The molecule has 96 valence electrons. The summed E-state index contributed by atoms with van der Waals surface area (Å²) in [5, 5.41) is 3.00. The van der Waals surface area contributed by atoms with Crippen molar-refractivity contribution in [3.05, 3.63) is 47.5 Å². The number of nitrogens with one attached hydrogen (secondary N) is 1. The number of nitrogens with two attached hydrogens (primary N) is 1. The summed E-state index contributed by atoms with van der Waals surface area (Å²) in [4.78, 5) is 11.9. The van der Waals surface area contributed by atoms with Crippen LogP contribution in [0.1, 0.15) is 30.4 Å². The SMILES string of the molecule is NCc1ccc(CNC(=O)C2CC=CCC2)cc1. The van der Waals surface area contributed by atoms with Gasteiger partial charge < -0.3 is 11.1 Å². The number of benzene rings is 1. The van der Waals surface area contributed by atoms with E-state index in [2.05, 4.69) is 17.5 Å². The third kappa shape index (κ3) is 3.44. The number of allylic oxidation sites excluding steroid dienone is 2. The number of carbonyl (C=O) groups is 1. The second-order valence-electron chi connectivity index (χ2n) is 4.72. The number of rotatable bonds is 4. The van der Waals surface area contributed by atoms with Crippen LogP contribution >= 0.6 is 0 Å². The number of hydrogen-bond acceptors (Lipinski definition) is 2. The van der Waals surface area contributed by atoms with Crippen LogP contribution in [0.4, 0.5) is 0 Å². The monoisotopic (exact) mass is 244 g/mol. The van der Waals surface area contributed by atoms with Crippen molar-refractivity contribution in [2.45, 2.75) is 32.4 Å². The number of hydrogen-bond donors (Lipinski definition) is 2. The highest BCUT2D eigenvalue weighted by Gasteiger charge is 2.17. The minimum absolute atomic E-state index is 0.151. The van der Waals surface area contributed by atoms with E-state index in [4.69, 9.17) is 5.73 Å². The Morgan fingerprint density at radius 1 is 1.22 bits per heavy atom. The molecule has 0 saturated carbocycles. The van der Waals surface area contributed by atoms with Gasteiger partial charge in [-0.25, -0.2) is 0 Å². The molecule has 3 N–H and O–H groups in total. The summed E-state index contributed by atoms with van der Waals surface area (Å²) < 4.78 is 0. The van der Waals surface area contributed by atoms with Crippen molar-refractivity contribution in [2.75, 3.05) is 0 Å². The summed E-state index contributed by atoms with van der Waals surface area (Å²) in [5.41, 5.74) is 7.77. The first-order valence-electron chi connectivity index (χ1n) is 6.50. The molecule has 1 amide bonds. The first kappa shape index (κ1) is 12.8. The first-order valence-corrected chi connectivity index (χ1v) is 6.50. The molecule has 2 rings (SSSR count). The fourth-order valence-corrected chi connectivity index (χ4v) is 2.16. The Hall–Kier alpha value is -1.61. The van der Waals surface area contributed by atoms with Gasteiger partial charge in [0.25, 0.3) is 0 Å². The zero-order chi connectivity index (χ0) is 12.8. The molecule has 0 saturated heterocycles. The lowest BCUT2D eigenvalue weighted by molar-refractivity contribution is -0.125. The van der Waals surface area contributed by atoms with Crippen LogP contribution < -0.4 is 11.1 Å². The molecule has 0 radical (unpaired) electrons. The van der Waals surface area contributed by atoms with E-state index in [1.807, 2.05) is 24.3 Å². The van der Waals surface area contributed by atoms with Gasteiger partial charge in [0, 0.05) is 19.0 Å². The Labute approximate surface area is 108 Å². The standard InChI is InChI=1S/C15H20N2O/c16-10-12-6-8-13(9-7-12)11-17-15(18)14-4-2-1-3-5-14/h1-2,6-9,14H,3-5,10-11,16H2,(H,17,18). The van der Waals surface area contributed by atoms with E-state index in [1.54, 1.807) is 0 Å². The molecule has 0 heterocycles. The Kier molecular flexibility index (Phi) is 4.53. The zero-order valence-electron chi connectivity index (χ0n) is 10.6. The molecule has 1 aliphatic carbocycles.